The minimum Gasteiger partial charge on any atom is -0.469 e. The number of ether oxygens (including phenoxy) is 1. The van der Waals surface area contributed by atoms with E-state index in [0.29, 0.717) is 31.7 Å². The third kappa shape index (κ3) is 4.30. The highest BCUT2D eigenvalue weighted by Gasteiger charge is 2.32. The van der Waals surface area contributed by atoms with Crippen molar-refractivity contribution < 1.29 is 14.5 Å². The number of nitrogens with one attached hydrogen (secondary N) is 1. The molecule has 0 atom stereocenters. The van der Waals surface area contributed by atoms with Crippen LogP contribution in [0.2, 0.25) is 0 Å². The van der Waals surface area contributed by atoms with Crippen molar-refractivity contribution in [2.75, 3.05) is 30.4 Å². The molecule has 0 amide bonds. The average molecular weight is 437 g/mol. The highest BCUT2D eigenvalue weighted by atomic mass is 79.9. The molecule has 3 heterocycles. The summed E-state index contributed by atoms with van der Waals surface area (Å²) in [6.45, 7) is 0.932. The number of esters is 1. The fourth-order valence-corrected chi connectivity index (χ4v) is 3.16. The number of hydrogen-bond donors (Lipinski definition) is 1. The number of piperidine rings is 1. The van der Waals surface area contributed by atoms with Crippen LogP contribution in [0.5, 0.6) is 0 Å². The van der Waals surface area contributed by atoms with Gasteiger partial charge in [-0.1, -0.05) is 0 Å². The lowest BCUT2D eigenvalue weighted by atomic mass is 9.97. The zero-order valence-electron chi connectivity index (χ0n) is 14.5. The van der Waals surface area contributed by atoms with Crippen molar-refractivity contribution in [3.63, 3.8) is 0 Å². The van der Waals surface area contributed by atoms with Crippen molar-refractivity contribution in [1.82, 2.24) is 15.0 Å². The number of nitrogens with zero attached hydrogens (tertiary/aromatic N) is 5. The van der Waals surface area contributed by atoms with Crippen LogP contribution in [-0.2, 0) is 9.53 Å². The van der Waals surface area contributed by atoms with Crippen molar-refractivity contribution in [1.29, 1.82) is 0 Å². The van der Waals surface area contributed by atoms with Gasteiger partial charge in [-0.25, -0.2) is 15.0 Å². The first-order valence-corrected chi connectivity index (χ1v) is 8.99. The van der Waals surface area contributed by atoms with Crippen LogP contribution >= 0.6 is 15.9 Å². The third-order valence-electron chi connectivity index (χ3n) is 4.29. The molecule has 2 aromatic heterocycles. The number of rotatable bonds is 5. The topological polar surface area (TPSA) is 123 Å². The monoisotopic (exact) mass is 436 g/mol. The Morgan fingerprint density at radius 2 is 2.07 bits per heavy atom. The molecule has 1 fully saturated rings. The molecule has 142 valence electrons. The minimum absolute atomic E-state index is 0.0647. The summed E-state index contributed by atoms with van der Waals surface area (Å²) in [4.78, 5) is 36.9. The van der Waals surface area contributed by atoms with Crippen molar-refractivity contribution in [2.24, 2.45) is 5.92 Å². The molecule has 0 unspecified atom stereocenters. The number of pyridine rings is 1. The predicted octanol–water partition coefficient (Wildman–Crippen LogP) is 2.68. The Labute approximate surface area is 163 Å². The van der Waals surface area contributed by atoms with Crippen LogP contribution in [-0.4, -0.2) is 46.0 Å². The second-order valence-corrected chi connectivity index (χ2v) is 6.84. The van der Waals surface area contributed by atoms with Gasteiger partial charge in [-0.15, -0.1) is 0 Å². The summed E-state index contributed by atoms with van der Waals surface area (Å²) in [5.74, 6) is 0.260. The minimum atomic E-state index is -0.511. The van der Waals surface area contributed by atoms with E-state index in [9.17, 15) is 14.9 Å². The van der Waals surface area contributed by atoms with Crippen LogP contribution in [0.15, 0.2) is 29.1 Å². The molecule has 0 bridgehead atoms. The number of anilines is 3. The molecule has 1 N–H and O–H groups in total. The molecular formula is C16H17BrN6O4. The standard InChI is InChI=1S/C16H17BrN6O4/c1-27-16(24)10-4-6-22(7-5-10)15-13(23(25)26)14(19-9-20-15)21-12-3-2-11(17)8-18-12/h2-3,8-10H,4-7H2,1H3,(H,18,19,20,21). The molecule has 0 aliphatic carbocycles. The summed E-state index contributed by atoms with van der Waals surface area (Å²) in [6, 6.07) is 3.44. The molecule has 10 nitrogen and oxygen atoms in total. The van der Waals surface area contributed by atoms with Crippen molar-refractivity contribution in [2.45, 2.75) is 12.8 Å². The van der Waals surface area contributed by atoms with Gasteiger partial charge in [0, 0.05) is 23.8 Å². The zero-order chi connectivity index (χ0) is 19.4. The van der Waals surface area contributed by atoms with Crippen molar-refractivity contribution in [3.05, 3.63) is 39.2 Å². The van der Waals surface area contributed by atoms with Crippen LogP contribution in [0, 0.1) is 16.0 Å². The van der Waals surface area contributed by atoms with Gasteiger partial charge in [0.05, 0.1) is 18.0 Å². The summed E-state index contributed by atoms with van der Waals surface area (Å²) in [7, 11) is 1.36. The Kier molecular flexibility index (Phi) is 5.79. The lowest BCUT2D eigenvalue weighted by Gasteiger charge is -2.31. The lowest BCUT2D eigenvalue weighted by molar-refractivity contribution is -0.383. The van der Waals surface area contributed by atoms with Crippen LogP contribution in [0.25, 0.3) is 0 Å². The maximum Gasteiger partial charge on any atom is 0.353 e. The predicted molar refractivity (Wildman–Crippen MR) is 101 cm³/mol. The average Bonchev–Trinajstić information content (AvgIpc) is 2.69. The van der Waals surface area contributed by atoms with Crippen molar-refractivity contribution in [3.8, 4) is 0 Å². The molecule has 1 aliphatic heterocycles. The van der Waals surface area contributed by atoms with E-state index in [4.69, 9.17) is 4.74 Å². The summed E-state index contributed by atoms with van der Waals surface area (Å²) in [5, 5.41) is 14.6. The number of carbonyl (C=O) groups is 1. The largest absolute Gasteiger partial charge is 0.469 e. The molecule has 27 heavy (non-hydrogen) atoms. The van der Waals surface area contributed by atoms with E-state index in [1.54, 1.807) is 23.2 Å². The number of nitro groups is 1. The van der Waals surface area contributed by atoms with Crippen LogP contribution in [0.4, 0.5) is 23.1 Å². The van der Waals surface area contributed by atoms with Crippen LogP contribution < -0.4 is 10.2 Å². The second kappa shape index (κ2) is 8.25. The molecule has 0 saturated carbocycles. The molecule has 0 radical (unpaired) electrons. The number of hydrogen-bond acceptors (Lipinski definition) is 9. The van der Waals surface area contributed by atoms with Gasteiger partial charge in [-0.3, -0.25) is 14.9 Å². The first kappa shape index (κ1) is 19.0. The molecule has 1 saturated heterocycles. The highest BCUT2D eigenvalue weighted by molar-refractivity contribution is 9.10. The maximum absolute atomic E-state index is 11.7. The van der Waals surface area contributed by atoms with Gasteiger partial charge in [0.25, 0.3) is 0 Å². The second-order valence-electron chi connectivity index (χ2n) is 5.92. The summed E-state index contributed by atoms with van der Waals surface area (Å²) in [6.07, 6.45) is 3.94. The molecule has 1 aliphatic rings. The molecular weight excluding hydrogens is 420 g/mol. The first-order chi connectivity index (χ1) is 13.0. The van der Waals surface area contributed by atoms with Crippen LogP contribution in [0.3, 0.4) is 0 Å². The first-order valence-electron chi connectivity index (χ1n) is 8.20. The van der Waals surface area contributed by atoms with Gasteiger partial charge in [0.2, 0.25) is 11.6 Å². The van der Waals surface area contributed by atoms with Gasteiger partial charge in [-0.2, -0.15) is 0 Å². The van der Waals surface area contributed by atoms with Gasteiger partial charge < -0.3 is 15.0 Å². The van der Waals surface area contributed by atoms with Crippen LogP contribution in [0.1, 0.15) is 12.8 Å². The molecule has 2 aromatic rings. The molecule has 0 aromatic carbocycles. The fraction of sp³-hybridized carbons (Fsp3) is 0.375. The SMILES string of the molecule is COC(=O)C1CCN(c2ncnc(Nc3ccc(Br)cn3)c2[N+](=O)[O-])CC1. The Bertz CT molecular complexity index is 839. The lowest BCUT2D eigenvalue weighted by Crippen LogP contribution is -2.37. The Hall–Kier alpha value is -2.82. The van der Waals surface area contributed by atoms with E-state index in [-0.39, 0.29) is 29.2 Å². The molecule has 0 spiro atoms. The quantitative estimate of drug-likeness (QED) is 0.427. The fourth-order valence-electron chi connectivity index (χ4n) is 2.93. The smallest absolute Gasteiger partial charge is 0.353 e. The van der Waals surface area contributed by atoms with Gasteiger partial charge in [0.1, 0.15) is 12.1 Å². The Morgan fingerprint density at radius 3 is 2.67 bits per heavy atom. The Morgan fingerprint density at radius 1 is 1.33 bits per heavy atom. The molecule has 3 rings (SSSR count). The van der Waals surface area contributed by atoms with Crippen molar-refractivity contribution >= 4 is 45.0 Å². The number of carbonyl (C=O) groups excluding carboxylic acids is 1. The summed E-state index contributed by atoms with van der Waals surface area (Å²) >= 11 is 3.29. The summed E-state index contributed by atoms with van der Waals surface area (Å²) in [5.41, 5.74) is -0.223. The van der Waals surface area contributed by atoms with E-state index in [2.05, 4.69) is 36.2 Å². The number of methoxy groups -OCH3 is 1. The zero-order valence-corrected chi connectivity index (χ0v) is 16.0. The normalized spacial score (nSPS) is 14.7. The summed E-state index contributed by atoms with van der Waals surface area (Å²) < 4.78 is 5.57. The van der Waals surface area contributed by atoms with Gasteiger partial charge in [0.15, 0.2) is 0 Å². The van der Waals surface area contributed by atoms with Gasteiger partial charge >= 0.3 is 11.7 Å². The highest BCUT2D eigenvalue weighted by Crippen LogP contribution is 2.35. The Balaban J connectivity index is 1.85. The van der Waals surface area contributed by atoms with Gasteiger partial charge in [-0.05, 0) is 40.9 Å². The van der Waals surface area contributed by atoms with E-state index >= 15 is 0 Å². The molecule has 11 heteroatoms. The van der Waals surface area contributed by atoms with E-state index in [1.807, 2.05) is 0 Å². The van der Waals surface area contributed by atoms with E-state index < -0.39 is 4.92 Å². The maximum atomic E-state index is 11.7. The van der Waals surface area contributed by atoms with E-state index in [1.165, 1.54) is 13.4 Å². The third-order valence-corrected chi connectivity index (χ3v) is 4.76. The number of aromatic nitrogens is 3. The number of halogens is 1. The van der Waals surface area contributed by atoms with E-state index in [0.717, 1.165) is 4.47 Å².